The van der Waals surface area contributed by atoms with Gasteiger partial charge in [0.1, 0.15) is 0 Å². The molecule has 4 fully saturated rings. The molecule has 1 aromatic heterocycles. The summed E-state index contributed by atoms with van der Waals surface area (Å²) in [7, 11) is 0. The van der Waals surface area contributed by atoms with Gasteiger partial charge in [-0.2, -0.15) is 0 Å². The molecule has 0 radical (unpaired) electrons. The highest BCUT2D eigenvalue weighted by Crippen LogP contribution is 2.79. The zero-order valence-electron chi connectivity index (χ0n) is 44.5. The van der Waals surface area contributed by atoms with Gasteiger partial charge in [0.05, 0.1) is 11.0 Å². The summed E-state index contributed by atoms with van der Waals surface area (Å²) in [6.45, 7) is 28.4. The van der Waals surface area contributed by atoms with Gasteiger partial charge in [0.15, 0.2) is 0 Å². The number of hydrogen-bond acceptors (Lipinski definition) is 1. The first-order chi connectivity index (χ1) is 33.8. The molecule has 7 aromatic carbocycles. The Morgan fingerprint density at radius 2 is 1.07 bits per heavy atom. The number of para-hydroxylation sites is 2. The molecular formula is C67H70B2N2. The molecular weight excluding hydrogens is 854 g/mol. The number of hydrogen-bond donors (Lipinski definition) is 0. The summed E-state index contributed by atoms with van der Waals surface area (Å²) in [5.41, 5.74) is 29.9. The van der Waals surface area contributed by atoms with Crippen molar-refractivity contribution in [2.24, 2.45) is 23.2 Å². The van der Waals surface area contributed by atoms with Gasteiger partial charge in [-0.1, -0.05) is 171 Å². The molecule has 71 heavy (non-hydrogen) atoms. The van der Waals surface area contributed by atoms with Crippen molar-refractivity contribution < 1.29 is 0 Å². The van der Waals surface area contributed by atoms with Crippen LogP contribution >= 0.6 is 0 Å². The fraction of sp³-hybridized carbons (Fsp3) is 0.373. The topological polar surface area (TPSA) is 8.17 Å². The molecule has 3 heterocycles. The summed E-state index contributed by atoms with van der Waals surface area (Å²) >= 11 is 0. The normalized spacial score (nSPS) is 23.6. The van der Waals surface area contributed by atoms with Crippen molar-refractivity contribution in [3.05, 3.63) is 165 Å². The largest absolute Gasteiger partial charge is 0.313 e. The van der Waals surface area contributed by atoms with Crippen molar-refractivity contribution in [3.8, 4) is 5.69 Å². The Morgan fingerprint density at radius 3 is 1.63 bits per heavy atom. The third-order valence-electron chi connectivity index (χ3n) is 19.9. The first-order valence-corrected chi connectivity index (χ1v) is 27.3. The Morgan fingerprint density at radius 1 is 0.521 bits per heavy atom. The standard InChI is InChI=1S/C67H70B2N2/c1-38-24-40(3)60(41(4)25-38)68-53-30-45(64(7,8)9)20-22-58(53)71-59-23-21-46(65(10,11)12)31-54(59)69(61-42(5)26-39(2)27-43(61)6)56-33-49(32-55(68)63(56)71)70-57-19-14-13-16-50(57)51-17-15-18-52(62(51)70)66-34-44-28-47-29-48(36-66)67(47,35-44)37-66/h13-27,30-33,44,47-48H,28-29,34-37H2,1-12H3. The van der Waals surface area contributed by atoms with Crippen LogP contribution in [0.1, 0.15) is 130 Å². The van der Waals surface area contributed by atoms with E-state index >= 15 is 0 Å². The van der Waals surface area contributed by atoms with Gasteiger partial charge in [0.2, 0.25) is 13.4 Å². The number of aryl methyl sites for hydroxylation is 6. The van der Waals surface area contributed by atoms with Crippen molar-refractivity contribution in [2.75, 3.05) is 4.90 Å². The zero-order valence-corrected chi connectivity index (χ0v) is 44.5. The minimum Gasteiger partial charge on any atom is -0.313 e. The lowest BCUT2D eigenvalue weighted by molar-refractivity contribution is -0.000138. The average molecular weight is 925 g/mol. The quantitative estimate of drug-likeness (QED) is 0.160. The van der Waals surface area contributed by atoms with Crippen LogP contribution < -0.4 is 37.7 Å². The Balaban J connectivity index is 1.15. The van der Waals surface area contributed by atoms with Crippen LogP contribution in [0.2, 0.25) is 0 Å². The minimum atomic E-state index is -0.0199. The van der Waals surface area contributed by atoms with Gasteiger partial charge in [-0.3, -0.25) is 0 Å². The lowest BCUT2D eigenvalue weighted by Gasteiger charge is -2.49. The maximum absolute atomic E-state index is 2.79. The Labute approximate surface area is 424 Å². The van der Waals surface area contributed by atoms with Gasteiger partial charge in [-0.25, -0.2) is 0 Å². The van der Waals surface area contributed by atoms with Crippen molar-refractivity contribution in [1.82, 2.24) is 4.57 Å². The second-order valence-corrected chi connectivity index (χ2v) is 26.4. The first-order valence-electron chi connectivity index (χ1n) is 27.3. The minimum absolute atomic E-state index is 0.0199. The summed E-state index contributed by atoms with van der Waals surface area (Å²) < 4.78 is 2.79. The molecule has 354 valence electrons. The highest BCUT2D eigenvalue weighted by Gasteiger charge is 2.71. The van der Waals surface area contributed by atoms with E-state index in [1.807, 2.05) is 0 Å². The Kier molecular flexibility index (Phi) is 8.98. The van der Waals surface area contributed by atoms with Gasteiger partial charge in [-0.15, -0.1) is 0 Å². The number of rotatable bonds is 4. The monoisotopic (exact) mass is 925 g/mol. The number of fused-ring (bicyclic) bond motifs is 9. The molecule has 2 nitrogen and oxygen atoms in total. The van der Waals surface area contributed by atoms with Crippen LogP contribution in [-0.4, -0.2) is 18.0 Å². The smallest absolute Gasteiger partial charge is 0.247 e. The SMILES string of the molecule is Cc1cc(C)c(B2c3cc(C(C)(C)C)ccc3N3c4ccc(C(C)(C)C)cc4B(c4c(C)cc(C)cc4C)c4cc(-n5c6ccccc6c6cccc(C78CC9CC%10CC(C7)C%10(C9)C8)c65)cc2c43)c(C)c1. The number of aromatic nitrogens is 1. The fourth-order valence-corrected chi connectivity index (χ4v) is 17.4. The highest BCUT2D eigenvalue weighted by molar-refractivity contribution is 7.02. The van der Waals surface area contributed by atoms with Gasteiger partial charge >= 0.3 is 0 Å². The van der Waals surface area contributed by atoms with Crippen LogP contribution in [0.5, 0.6) is 0 Å². The van der Waals surface area contributed by atoms with Crippen LogP contribution in [-0.2, 0) is 16.2 Å². The van der Waals surface area contributed by atoms with Gasteiger partial charge in [-0.05, 0) is 188 Å². The van der Waals surface area contributed by atoms with Crippen LogP contribution in [0, 0.1) is 64.7 Å². The van der Waals surface area contributed by atoms with Crippen molar-refractivity contribution in [3.63, 3.8) is 0 Å². The van der Waals surface area contributed by atoms with E-state index in [0.717, 1.165) is 17.8 Å². The van der Waals surface area contributed by atoms with E-state index in [1.165, 1.54) is 160 Å². The maximum atomic E-state index is 2.79. The second kappa shape index (κ2) is 14.5. The molecule has 0 saturated heterocycles. The molecule has 0 N–H and O–H groups in total. The molecule has 8 aromatic rings. The van der Waals surface area contributed by atoms with Crippen molar-refractivity contribution >= 4 is 85.1 Å². The second-order valence-electron chi connectivity index (χ2n) is 26.4. The van der Waals surface area contributed by atoms with Crippen molar-refractivity contribution in [1.29, 1.82) is 0 Å². The van der Waals surface area contributed by atoms with E-state index in [-0.39, 0.29) is 29.7 Å². The van der Waals surface area contributed by atoms with E-state index in [4.69, 9.17) is 0 Å². The van der Waals surface area contributed by atoms with Crippen LogP contribution in [0.4, 0.5) is 17.1 Å². The van der Waals surface area contributed by atoms with Crippen molar-refractivity contribution in [2.45, 2.75) is 138 Å². The average Bonchev–Trinajstić information content (AvgIpc) is 3.82. The van der Waals surface area contributed by atoms with Crippen LogP contribution in [0.25, 0.3) is 27.5 Å². The fourth-order valence-electron chi connectivity index (χ4n) is 17.4. The number of anilines is 3. The maximum Gasteiger partial charge on any atom is 0.247 e. The summed E-state index contributed by atoms with van der Waals surface area (Å²) in [5, 5.41) is 2.78. The summed E-state index contributed by atoms with van der Waals surface area (Å²) in [4.78, 5) is 2.72. The van der Waals surface area contributed by atoms with E-state index in [0.29, 0.717) is 5.41 Å². The molecule has 5 unspecified atom stereocenters. The predicted molar refractivity (Wildman–Crippen MR) is 306 cm³/mol. The molecule has 6 aliphatic rings. The number of nitrogens with zero attached hydrogens (tertiary/aromatic N) is 2. The summed E-state index contributed by atoms with van der Waals surface area (Å²) in [6.07, 6.45) is 8.54. The van der Waals surface area contributed by atoms with Crippen LogP contribution in [0.15, 0.2) is 115 Å². The van der Waals surface area contributed by atoms with Crippen LogP contribution in [0.3, 0.4) is 0 Å². The first kappa shape index (κ1) is 44.0. The zero-order chi connectivity index (χ0) is 49.0. The lowest BCUT2D eigenvalue weighted by Crippen LogP contribution is -2.66. The van der Waals surface area contributed by atoms with Gasteiger partial charge < -0.3 is 9.47 Å². The molecule has 2 aliphatic heterocycles. The summed E-state index contributed by atoms with van der Waals surface area (Å²) in [5.74, 6) is 2.73. The number of benzene rings is 7. The van der Waals surface area contributed by atoms with Gasteiger partial charge in [0.25, 0.3) is 0 Å². The highest BCUT2D eigenvalue weighted by atomic mass is 15.2. The van der Waals surface area contributed by atoms with E-state index in [2.05, 4.69) is 208 Å². The third-order valence-corrected chi connectivity index (χ3v) is 19.9. The Bertz CT molecular complexity index is 3450. The summed E-state index contributed by atoms with van der Waals surface area (Å²) in [6, 6.07) is 47.1. The van der Waals surface area contributed by atoms with E-state index in [1.54, 1.807) is 5.56 Å². The molecule has 3 bridgehead atoms. The lowest BCUT2D eigenvalue weighted by atomic mass is 9.29. The molecule has 0 amide bonds. The van der Waals surface area contributed by atoms with Gasteiger partial charge in [0, 0.05) is 33.5 Å². The molecule has 4 heteroatoms. The molecule has 4 aliphatic carbocycles. The third kappa shape index (κ3) is 5.97. The molecule has 5 atom stereocenters. The predicted octanol–water partition coefficient (Wildman–Crippen LogP) is 12.8. The van der Waals surface area contributed by atoms with E-state index in [9.17, 15) is 0 Å². The molecule has 4 saturated carbocycles. The molecule has 1 spiro atoms. The molecule has 14 rings (SSSR count). The van der Waals surface area contributed by atoms with E-state index < -0.39 is 0 Å². The Hall–Kier alpha value is -5.73.